The van der Waals surface area contributed by atoms with E-state index in [9.17, 15) is 9.90 Å². The van der Waals surface area contributed by atoms with Crippen LogP contribution in [-0.4, -0.2) is 17.0 Å². The van der Waals surface area contributed by atoms with E-state index >= 15 is 0 Å². The molecule has 2 heteroatoms. The largest absolute Gasteiger partial charge is 0.390 e. The smallest absolute Gasteiger partial charge is 0.123 e. The first-order valence-corrected chi connectivity index (χ1v) is 10.4. The van der Waals surface area contributed by atoms with Gasteiger partial charge in [0.2, 0.25) is 0 Å². The van der Waals surface area contributed by atoms with Crippen molar-refractivity contribution in [1.82, 2.24) is 0 Å². The maximum atomic E-state index is 11.6. The molecule has 0 bridgehead atoms. The number of carbonyl (C=O) groups is 1. The molecule has 2 nitrogen and oxygen atoms in total. The van der Waals surface area contributed by atoms with Gasteiger partial charge >= 0.3 is 0 Å². The second-order valence-corrected chi connectivity index (χ2v) is 10.8. The van der Waals surface area contributed by atoms with Gasteiger partial charge in [-0.15, -0.1) is 0 Å². The summed E-state index contributed by atoms with van der Waals surface area (Å²) >= 11 is 0. The van der Waals surface area contributed by atoms with Crippen LogP contribution in [0, 0.1) is 46.3 Å². The molecule has 4 fully saturated rings. The lowest BCUT2D eigenvalue weighted by molar-refractivity contribution is -0.165. The number of hydrogen-bond donors (Lipinski definition) is 1. The van der Waals surface area contributed by atoms with Crippen molar-refractivity contribution < 1.29 is 9.90 Å². The van der Waals surface area contributed by atoms with Gasteiger partial charge in [0.1, 0.15) is 6.29 Å². The lowest BCUT2D eigenvalue weighted by Gasteiger charge is -2.63. The van der Waals surface area contributed by atoms with Gasteiger partial charge in [-0.2, -0.15) is 0 Å². The summed E-state index contributed by atoms with van der Waals surface area (Å²) in [5, 5.41) is 10.7. The Morgan fingerprint density at radius 1 is 0.917 bits per heavy atom. The Kier molecular flexibility index (Phi) is 3.78. The van der Waals surface area contributed by atoms with Gasteiger partial charge < -0.3 is 9.90 Å². The van der Waals surface area contributed by atoms with Gasteiger partial charge in [0, 0.05) is 5.92 Å². The maximum Gasteiger partial charge on any atom is 0.123 e. The van der Waals surface area contributed by atoms with Crippen LogP contribution < -0.4 is 0 Å². The van der Waals surface area contributed by atoms with Crippen LogP contribution in [0.3, 0.4) is 0 Å². The third-order valence-corrected chi connectivity index (χ3v) is 9.56. The van der Waals surface area contributed by atoms with Crippen LogP contribution in [-0.2, 0) is 4.79 Å². The quantitative estimate of drug-likeness (QED) is 0.698. The van der Waals surface area contributed by atoms with E-state index in [4.69, 9.17) is 0 Å². The summed E-state index contributed by atoms with van der Waals surface area (Å²) < 4.78 is 0. The van der Waals surface area contributed by atoms with Crippen molar-refractivity contribution >= 4 is 6.29 Å². The molecule has 0 amide bonds. The van der Waals surface area contributed by atoms with Gasteiger partial charge in [0.25, 0.3) is 0 Å². The van der Waals surface area contributed by atoms with E-state index in [2.05, 4.69) is 27.7 Å². The molecule has 0 aromatic rings. The number of aldehydes is 1. The van der Waals surface area contributed by atoms with Gasteiger partial charge in [-0.1, -0.05) is 20.8 Å². The van der Waals surface area contributed by atoms with Crippen LogP contribution in [0.1, 0.15) is 79.1 Å². The Balaban J connectivity index is 1.66. The zero-order chi connectivity index (χ0) is 17.3. The fourth-order valence-corrected chi connectivity index (χ4v) is 8.14. The van der Waals surface area contributed by atoms with E-state index in [1.54, 1.807) is 0 Å². The molecule has 0 radical (unpaired) electrons. The summed E-state index contributed by atoms with van der Waals surface area (Å²) in [6.07, 6.45) is 10.7. The minimum absolute atomic E-state index is 0.270. The highest BCUT2D eigenvalue weighted by Gasteiger charge is 2.62. The number of hydrogen-bond acceptors (Lipinski definition) is 2. The van der Waals surface area contributed by atoms with Gasteiger partial charge in [-0.05, 0) is 98.7 Å². The molecule has 9 atom stereocenters. The van der Waals surface area contributed by atoms with Crippen LogP contribution >= 0.6 is 0 Å². The average Bonchev–Trinajstić information content (AvgIpc) is 2.86. The first-order chi connectivity index (χ1) is 11.2. The van der Waals surface area contributed by atoms with Crippen molar-refractivity contribution in [2.75, 3.05) is 0 Å². The van der Waals surface area contributed by atoms with Gasteiger partial charge in [-0.25, -0.2) is 0 Å². The molecule has 0 aliphatic heterocycles. The molecule has 4 aliphatic rings. The van der Waals surface area contributed by atoms with Crippen LogP contribution in [0.15, 0.2) is 0 Å². The van der Waals surface area contributed by atoms with Gasteiger partial charge in [0.05, 0.1) is 5.60 Å². The van der Waals surface area contributed by atoms with Crippen molar-refractivity contribution in [2.24, 2.45) is 46.3 Å². The summed E-state index contributed by atoms with van der Waals surface area (Å²) in [4.78, 5) is 11.6. The van der Waals surface area contributed by atoms with Crippen LogP contribution in [0.5, 0.6) is 0 Å². The third kappa shape index (κ3) is 2.20. The fourth-order valence-electron chi connectivity index (χ4n) is 8.14. The Morgan fingerprint density at radius 3 is 2.33 bits per heavy atom. The Labute approximate surface area is 147 Å². The van der Waals surface area contributed by atoms with Crippen LogP contribution in [0.4, 0.5) is 0 Å². The van der Waals surface area contributed by atoms with Crippen molar-refractivity contribution in [2.45, 2.75) is 84.7 Å². The Bertz CT molecular complexity index is 526. The molecule has 0 heterocycles. The predicted molar refractivity (Wildman–Crippen MR) is 96.5 cm³/mol. The minimum Gasteiger partial charge on any atom is -0.390 e. The molecule has 0 saturated heterocycles. The second kappa shape index (κ2) is 5.32. The normalized spacial score (nSPS) is 60.0. The summed E-state index contributed by atoms with van der Waals surface area (Å²) in [5.41, 5.74) is 0.224. The molecule has 0 spiro atoms. The standard InChI is InChI=1S/C22H36O2/c1-14-11-16-17-6-5-15(13-23)21(17,3)8-7-18(16)22(4)10-9-20(2,24)12-19(14)22/h13-19,24H,5-12H2,1-4H3. The molecule has 4 saturated carbocycles. The van der Waals surface area contributed by atoms with E-state index in [1.165, 1.54) is 38.4 Å². The first kappa shape index (κ1) is 17.1. The van der Waals surface area contributed by atoms with Gasteiger partial charge in [-0.3, -0.25) is 0 Å². The number of carbonyl (C=O) groups excluding carboxylic acids is 1. The Morgan fingerprint density at radius 2 is 1.62 bits per heavy atom. The summed E-state index contributed by atoms with van der Waals surface area (Å²) in [6, 6.07) is 0. The second-order valence-electron chi connectivity index (χ2n) is 10.8. The maximum absolute atomic E-state index is 11.6. The van der Waals surface area contributed by atoms with E-state index in [0.717, 1.165) is 37.0 Å². The number of fused-ring (bicyclic) bond motifs is 5. The van der Waals surface area contributed by atoms with Crippen LogP contribution in [0.2, 0.25) is 0 Å². The highest BCUT2D eigenvalue weighted by atomic mass is 16.3. The lowest BCUT2D eigenvalue weighted by atomic mass is 9.42. The van der Waals surface area contributed by atoms with E-state index < -0.39 is 5.60 Å². The molecule has 1 N–H and O–H groups in total. The molecule has 4 aliphatic carbocycles. The molecule has 4 rings (SSSR count). The number of aliphatic hydroxyl groups is 1. The van der Waals surface area contributed by atoms with E-state index in [-0.39, 0.29) is 5.41 Å². The molecular weight excluding hydrogens is 296 g/mol. The van der Waals surface area contributed by atoms with E-state index in [1.807, 2.05) is 0 Å². The van der Waals surface area contributed by atoms with Crippen molar-refractivity contribution in [3.63, 3.8) is 0 Å². The fraction of sp³-hybridized carbons (Fsp3) is 0.955. The zero-order valence-corrected chi connectivity index (χ0v) is 16.1. The highest BCUT2D eigenvalue weighted by molar-refractivity contribution is 5.56. The zero-order valence-electron chi connectivity index (χ0n) is 16.1. The summed E-state index contributed by atoms with van der Waals surface area (Å²) in [5.74, 6) is 4.08. The lowest BCUT2D eigenvalue weighted by Crippen LogP contribution is -2.57. The first-order valence-electron chi connectivity index (χ1n) is 10.4. The van der Waals surface area contributed by atoms with E-state index in [0.29, 0.717) is 23.2 Å². The predicted octanol–water partition coefficient (Wildman–Crippen LogP) is 4.84. The Hall–Kier alpha value is -0.370. The molecule has 9 unspecified atom stereocenters. The number of rotatable bonds is 1. The van der Waals surface area contributed by atoms with Crippen molar-refractivity contribution in [3.8, 4) is 0 Å². The molecule has 0 aromatic carbocycles. The van der Waals surface area contributed by atoms with Gasteiger partial charge in [0.15, 0.2) is 0 Å². The highest BCUT2D eigenvalue weighted by Crippen LogP contribution is 2.68. The van der Waals surface area contributed by atoms with Crippen molar-refractivity contribution in [1.29, 1.82) is 0 Å². The van der Waals surface area contributed by atoms with Crippen LogP contribution in [0.25, 0.3) is 0 Å². The molecule has 136 valence electrons. The topological polar surface area (TPSA) is 37.3 Å². The third-order valence-electron chi connectivity index (χ3n) is 9.56. The van der Waals surface area contributed by atoms with Crippen molar-refractivity contribution in [3.05, 3.63) is 0 Å². The molecule has 0 aromatic heterocycles. The summed E-state index contributed by atoms with van der Waals surface area (Å²) in [6.45, 7) is 9.47. The SMILES string of the molecule is CC1CC2C3CCC(C=O)C3(C)CCC2C2(C)CCC(C)(O)CC12. The average molecular weight is 333 g/mol. The molecular formula is C22H36O2. The summed E-state index contributed by atoms with van der Waals surface area (Å²) in [7, 11) is 0. The minimum atomic E-state index is -0.454. The molecule has 24 heavy (non-hydrogen) atoms. The monoisotopic (exact) mass is 332 g/mol.